The number of likely N-dealkylation sites (N-methyl/N-ethyl adjacent to an activating group) is 1. The molecule has 2 rings (SSSR count). The molecule has 2 aromatic rings. The van der Waals surface area contributed by atoms with E-state index in [1.54, 1.807) is 24.3 Å². The van der Waals surface area contributed by atoms with Gasteiger partial charge in [0.1, 0.15) is 0 Å². The standard InChI is InChI=1S/C17H21N3O4S/c1-18(2)12-13-19(16-6-4-3-5-7-16)25(23,24)14-15-8-10-17(11-9-15)20(21)22/h3-11H,12-14H2,1-2H3. The molecule has 0 aliphatic heterocycles. The van der Waals surface area contributed by atoms with Crippen LogP contribution >= 0.6 is 0 Å². The van der Waals surface area contributed by atoms with Crippen molar-refractivity contribution in [3.63, 3.8) is 0 Å². The number of nitro benzene ring substituents is 1. The molecular formula is C17H21N3O4S. The fourth-order valence-corrected chi connectivity index (χ4v) is 3.89. The van der Waals surface area contributed by atoms with Crippen LogP contribution in [0, 0.1) is 10.1 Å². The third-order valence-corrected chi connectivity index (χ3v) is 5.39. The van der Waals surface area contributed by atoms with Gasteiger partial charge in [-0.25, -0.2) is 8.42 Å². The average Bonchev–Trinajstić information content (AvgIpc) is 2.55. The number of hydrogen-bond donors (Lipinski definition) is 0. The Hall–Kier alpha value is -2.45. The van der Waals surface area contributed by atoms with Gasteiger partial charge < -0.3 is 4.90 Å². The molecule has 0 bridgehead atoms. The summed E-state index contributed by atoms with van der Waals surface area (Å²) in [5, 5.41) is 10.7. The summed E-state index contributed by atoms with van der Waals surface area (Å²) in [7, 11) is 0.142. The van der Waals surface area contributed by atoms with Gasteiger partial charge in [-0.3, -0.25) is 14.4 Å². The van der Waals surface area contributed by atoms with Gasteiger partial charge >= 0.3 is 0 Å². The highest BCUT2D eigenvalue weighted by atomic mass is 32.2. The van der Waals surface area contributed by atoms with Crippen LogP contribution in [0.15, 0.2) is 54.6 Å². The predicted molar refractivity (Wildman–Crippen MR) is 98.1 cm³/mol. The maximum atomic E-state index is 12.9. The second-order valence-electron chi connectivity index (χ2n) is 5.89. The van der Waals surface area contributed by atoms with Gasteiger partial charge in [0, 0.05) is 25.2 Å². The SMILES string of the molecule is CN(C)CCN(c1ccccc1)S(=O)(=O)Cc1ccc([N+](=O)[O-])cc1. The van der Waals surface area contributed by atoms with Crippen LogP contribution in [0.2, 0.25) is 0 Å². The summed E-state index contributed by atoms with van der Waals surface area (Å²) in [6.07, 6.45) is 0. The molecule has 0 amide bonds. The van der Waals surface area contributed by atoms with Crippen molar-refractivity contribution in [2.24, 2.45) is 0 Å². The number of nitrogens with zero attached hydrogens (tertiary/aromatic N) is 3. The molecule has 0 aliphatic carbocycles. The smallest absolute Gasteiger partial charge is 0.269 e. The summed E-state index contributed by atoms with van der Waals surface area (Å²) in [5.41, 5.74) is 1.05. The van der Waals surface area contributed by atoms with Gasteiger partial charge in [-0.05, 0) is 31.8 Å². The summed E-state index contributed by atoms with van der Waals surface area (Å²) in [5.74, 6) is -0.215. The first-order chi connectivity index (χ1) is 11.8. The number of benzene rings is 2. The van der Waals surface area contributed by atoms with Crippen molar-refractivity contribution in [3.8, 4) is 0 Å². The minimum absolute atomic E-state index is 0.0614. The maximum absolute atomic E-state index is 12.9. The molecule has 0 aliphatic rings. The Kier molecular flexibility index (Phi) is 6.11. The fourth-order valence-electron chi connectivity index (χ4n) is 2.32. The first-order valence-corrected chi connectivity index (χ1v) is 9.34. The first-order valence-electron chi connectivity index (χ1n) is 7.73. The Balaban J connectivity index is 2.26. The molecule has 7 nitrogen and oxygen atoms in total. The fraction of sp³-hybridized carbons (Fsp3) is 0.294. The molecule has 0 heterocycles. The van der Waals surface area contributed by atoms with E-state index < -0.39 is 14.9 Å². The van der Waals surface area contributed by atoms with Gasteiger partial charge in [0.25, 0.3) is 5.69 Å². The lowest BCUT2D eigenvalue weighted by Gasteiger charge is -2.26. The van der Waals surface area contributed by atoms with Gasteiger partial charge in [0.05, 0.1) is 16.4 Å². The Morgan fingerprint density at radius 3 is 2.08 bits per heavy atom. The van der Waals surface area contributed by atoms with Crippen molar-refractivity contribution in [2.45, 2.75) is 5.75 Å². The highest BCUT2D eigenvalue weighted by molar-refractivity contribution is 7.92. The molecule has 8 heteroatoms. The van der Waals surface area contributed by atoms with E-state index in [9.17, 15) is 18.5 Å². The van der Waals surface area contributed by atoms with Crippen LogP contribution in [0.1, 0.15) is 5.56 Å². The highest BCUT2D eigenvalue weighted by Crippen LogP contribution is 2.21. The van der Waals surface area contributed by atoms with Crippen molar-refractivity contribution >= 4 is 21.4 Å². The molecule has 0 saturated heterocycles. The Morgan fingerprint density at radius 2 is 1.56 bits per heavy atom. The minimum atomic E-state index is -3.62. The minimum Gasteiger partial charge on any atom is -0.308 e. The summed E-state index contributed by atoms with van der Waals surface area (Å²) in [6, 6.07) is 14.5. The van der Waals surface area contributed by atoms with E-state index in [-0.39, 0.29) is 11.4 Å². The van der Waals surface area contributed by atoms with E-state index in [1.807, 2.05) is 25.1 Å². The van der Waals surface area contributed by atoms with Gasteiger partial charge in [-0.2, -0.15) is 0 Å². The second-order valence-corrected chi connectivity index (χ2v) is 7.78. The number of rotatable bonds is 8. The van der Waals surface area contributed by atoms with Crippen LogP contribution in [0.3, 0.4) is 0 Å². The van der Waals surface area contributed by atoms with E-state index in [0.29, 0.717) is 24.3 Å². The van der Waals surface area contributed by atoms with Gasteiger partial charge in [-0.15, -0.1) is 0 Å². The van der Waals surface area contributed by atoms with Crippen LogP contribution in [0.5, 0.6) is 0 Å². The zero-order valence-electron chi connectivity index (χ0n) is 14.2. The van der Waals surface area contributed by atoms with Crippen LogP contribution < -0.4 is 4.31 Å². The normalized spacial score (nSPS) is 11.5. The van der Waals surface area contributed by atoms with Crippen LogP contribution in [-0.4, -0.2) is 45.4 Å². The lowest BCUT2D eigenvalue weighted by Crippen LogP contribution is -2.37. The van der Waals surface area contributed by atoms with Crippen molar-refractivity contribution in [3.05, 3.63) is 70.3 Å². The van der Waals surface area contributed by atoms with Crippen LogP contribution in [0.4, 0.5) is 11.4 Å². The number of para-hydroxylation sites is 1. The van der Waals surface area contributed by atoms with Gasteiger partial charge in [-0.1, -0.05) is 30.3 Å². The summed E-state index contributed by atoms with van der Waals surface area (Å²) < 4.78 is 27.2. The number of anilines is 1. The Labute approximate surface area is 147 Å². The second kappa shape index (κ2) is 8.09. The van der Waals surface area contributed by atoms with Crippen molar-refractivity contribution in [2.75, 3.05) is 31.5 Å². The molecular weight excluding hydrogens is 342 g/mol. The molecule has 134 valence electrons. The largest absolute Gasteiger partial charge is 0.308 e. The summed E-state index contributed by atoms with van der Waals surface area (Å²) in [4.78, 5) is 12.1. The summed E-state index contributed by atoms with van der Waals surface area (Å²) >= 11 is 0. The van der Waals surface area contributed by atoms with Crippen molar-refractivity contribution < 1.29 is 13.3 Å². The first kappa shape index (κ1) is 18.9. The van der Waals surface area contributed by atoms with E-state index in [0.717, 1.165) is 0 Å². The molecule has 0 unspecified atom stereocenters. The predicted octanol–water partition coefficient (Wildman–Crippen LogP) is 2.49. The third-order valence-electron chi connectivity index (χ3n) is 3.63. The van der Waals surface area contributed by atoms with E-state index in [1.165, 1.54) is 28.6 Å². The molecule has 0 aromatic heterocycles. The number of non-ortho nitro benzene ring substituents is 1. The maximum Gasteiger partial charge on any atom is 0.269 e. The van der Waals surface area contributed by atoms with Crippen molar-refractivity contribution in [1.82, 2.24) is 4.90 Å². The zero-order valence-corrected chi connectivity index (χ0v) is 15.0. The molecule has 0 atom stereocenters. The van der Waals surface area contributed by atoms with Crippen LogP contribution in [-0.2, 0) is 15.8 Å². The Morgan fingerprint density at radius 1 is 0.960 bits per heavy atom. The molecule has 0 saturated carbocycles. The third kappa shape index (κ3) is 5.27. The molecule has 0 radical (unpaired) electrons. The number of sulfonamides is 1. The Bertz CT molecular complexity index is 806. The molecule has 2 aromatic carbocycles. The molecule has 0 spiro atoms. The lowest BCUT2D eigenvalue weighted by molar-refractivity contribution is -0.384. The monoisotopic (exact) mass is 363 g/mol. The van der Waals surface area contributed by atoms with Crippen molar-refractivity contribution in [1.29, 1.82) is 0 Å². The average molecular weight is 363 g/mol. The van der Waals surface area contributed by atoms with Crippen LogP contribution in [0.25, 0.3) is 0 Å². The molecule has 0 fully saturated rings. The van der Waals surface area contributed by atoms with Gasteiger partial charge in [0.15, 0.2) is 0 Å². The lowest BCUT2D eigenvalue weighted by atomic mass is 10.2. The highest BCUT2D eigenvalue weighted by Gasteiger charge is 2.23. The zero-order chi connectivity index (χ0) is 18.4. The van der Waals surface area contributed by atoms with Gasteiger partial charge in [0.2, 0.25) is 10.0 Å². The topological polar surface area (TPSA) is 83.8 Å². The van der Waals surface area contributed by atoms with E-state index in [4.69, 9.17) is 0 Å². The quantitative estimate of drug-likeness (QED) is 0.531. The molecule has 0 N–H and O–H groups in total. The number of hydrogen-bond acceptors (Lipinski definition) is 5. The summed E-state index contributed by atoms with van der Waals surface area (Å²) in [6.45, 7) is 0.903. The molecule has 25 heavy (non-hydrogen) atoms. The number of nitro groups is 1. The van der Waals surface area contributed by atoms with E-state index in [2.05, 4.69) is 0 Å². The van der Waals surface area contributed by atoms with E-state index >= 15 is 0 Å².